The highest BCUT2D eigenvalue weighted by Crippen LogP contribution is 2.17. The average molecular weight is 196 g/mol. The van der Waals surface area contributed by atoms with Crippen LogP contribution >= 0.6 is 0 Å². The molecule has 2 N–H and O–H groups in total. The van der Waals surface area contributed by atoms with Crippen molar-refractivity contribution in [2.75, 3.05) is 7.05 Å². The summed E-state index contributed by atoms with van der Waals surface area (Å²) in [4.78, 5) is 0. The normalized spacial score (nSPS) is 13.4. The van der Waals surface area contributed by atoms with E-state index >= 15 is 0 Å². The van der Waals surface area contributed by atoms with Gasteiger partial charge in [0.1, 0.15) is 0 Å². The van der Waals surface area contributed by atoms with Gasteiger partial charge < -0.3 is 5.32 Å². The minimum Gasteiger partial charge on any atom is -0.312 e. The highest BCUT2D eigenvalue weighted by atomic mass is 15.3. The van der Waals surface area contributed by atoms with Crippen molar-refractivity contribution >= 4 is 0 Å². The Hall–Kier alpha value is -0.900. The zero-order valence-corrected chi connectivity index (χ0v) is 9.25. The maximum atomic E-state index is 4.09. The fourth-order valence-corrected chi connectivity index (χ4v) is 1.55. The predicted octanol–water partition coefficient (Wildman–Crippen LogP) is 1.89. The third-order valence-electron chi connectivity index (χ3n) is 2.41. The second-order valence-electron chi connectivity index (χ2n) is 4.06. The van der Waals surface area contributed by atoms with E-state index in [-0.39, 0.29) is 0 Å². The molecule has 1 rings (SSSR count). The second kappa shape index (κ2) is 5.75. The van der Waals surface area contributed by atoms with Crippen LogP contribution in [0.3, 0.4) is 0 Å². The van der Waals surface area contributed by atoms with Crippen LogP contribution in [-0.4, -0.2) is 22.5 Å². The number of H-pyrrole nitrogens is 1. The summed E-state index contributed by atoms with van der Waals surface area (Å²) >= 11 is 0. The first-order chi connectivity index (χ1) is 6.74. The Morgan fingerprint density at radius 3 is 2.71 bits per heavy atom. The van der Waals surface area contributed by atoms with Gasteiger partial charge in [0.2, 0.25) is 0 Å². The molecule has 1 aromatic heterocycles. The van der Waals surface area contributed by atoms with Crippen molar-refractivity contribution in [3.8, 4) is 0 Å². The van der Waals surface area contributed by atoms with E-state index in [1.54, 1.807) is 6.20 Å². The van der Waals surface area contributed by atoms with Crippen LogP contribution in [0, 0.1) is 5.92 Å². The number of hydrogen-bond acceptors (Lipinski definition) is 3. The summed E-state index contributed by atoms with van der Waals surface area (Å²) in [5.41, 5.74) is 1.01. The summed E-state index contributed by atoms with van der Waals surface area (Å²) in [6, 6.07) is 0.340. The predicted molar refractivity (Wildman–Crippen MR) is 56.9 cm³/mol. The number of aromatic nitrogens is 3. The molecule has 0 saturated heterocycles. The number of rotatable bonds is 6. The van der Waals surface area contributed by atoms with E-state index in [9.17, 15) is 0 Å². The number of nitrogens with zero attached hydrogens (tertiary/aromatic N) is 2. The fourth-order valence-electron chi connectivity index (χ4n) is 1.55. The molecule has 0 aliphatic rings. The van der Waals surface area contributed by atoms with Gasteiger partial charge in [0.05, 0.1) is 17.9 Å². The highest BCUT2D eigenvalue weighted by Gasteiger charge is 2.11. The first kappa shape index (κ1) is 11.2. The average Bonchev–Trinajstić information content (AvgIpc) is 2.64. The Morgan fingerprint density at radius 1 is 1.43 bits per heavy atom. The van der Waals surface area contributed by atoms with Gasteiger partial charge in [-0.2, -0.15) is 15.4 Å². The zero-order valence-electron chi connectivity index (χ0n) is 9.25. The number of nitrogens with one attached hydrogen (secondary N) is 2. The number of hydrogen-bond donors (Lipinski definition) is 2. The molecule has 1 unspecified atom stereocenters. The summed E-state index contributed by atoms with van der Waals surface area (Å²) in [5, 5.41) is 13.8. The SMILES string of the molecule is CNC(CCCC(C)C)c1cn[nH]n1. The van der Waals surface area contributed by atoms with E-state index in [2.05, 4.69) is 34.6 Å². The fraction of sp³-hybridized carbons (Fsp3) is 0.800. The van der Waals surface area contributed by atoms with Gasteiger partial charge in [-0.05, 0) is 19.4 Å². The second-order valence-corrected chi connectivity index (χ2v) is 4.06. The van der Waals surface area contributed by atoms with E-state index in [1.165, 1.54) is 12.8 Å². The lowest BCUT2D eigenvalue weighted by Crippen LogP contribution is -2.16. The molecule has 4 nitrogen and oxygen atoms in total. The minimum atomic E-state index is 0.340. The molecular weight excluding hydrogens is 176 g/mol. The van der Waals surface area contributed by atoms with Crippen LogP contribution in [0.1, 0.15) is 44.8 Å². The molecule has 4 heteroatoms. The summed E-state index contributed by atoms with van der Waals surface area (Å²) in [6.45, 7) is 4.51. The molecule has 1 aromatic rings. The van der Waals surface area contributed by atoms with E-state index in [0.717, 1.165) is 18.0 Å². The molecule has 0 amide bonds. The Labute approximate surface area is 85.5 Å². The molecule has 0 fully saturated rings. The van der Waals surface area contributed by atoms with Gasteiger partial charge in [-0.3, -0.25) is 0 Å². The standard InChI is InChI=1S/C10H20N4/c1-8(2)5-4-6-9(11-3)10-7-12-14-13-10/h7-9,11H,4-6H2,1-3H3,(H,12,13,14). The van der Waals surface area contributed by atoms with Crippen LogP contribution in [0.15, 0.2) is 6.20 Å². The van der Waals surface area contributed by atoms with Crippen LogP contribution in [0.2, 0.25) is 0 Å². The minimum absolute atomic E-state index is 0.340. The van der Waals surface area contributed by atoms with E-state index in [0.29, 0.717) is 6.04 Å². The molecule has 1 atom stereocenters. The summed E-state index contributed by atoms with van der Waals surface area (Å²) < 4.78 is 0. The molecule has 0 aliphatic heterocycles. The Balaban J connectivity index is 2.33. The lowest BCUT2D eigenvalue weighted by molar-refractivity contribution is 0.464. The van der Waals surface area contributed by atoms with Crippen LogP contribution in [-0.2, 0) is 0 Å². The molecule has 80 valence electrons. The van der Waals surface area contributed by atoms with Crippen molar-refractivity contribution in [2.24, 2.45) is 5.92 Å². The van der Waals surface area contributed by atoms with Crippen molar-refractivity contribution in [3.05, 3.63) is 11.9 Å². The maximum Gasteiger partial charge on any atom is 0.0993 e. The lowest BCUT2D eigenvalue weighted by atomic mass is 10.0. The van der Waals surface area contributed by atoms with Crippen LogP contribution in [0.5, 0.6) is 0 Å². The maximum absolute atomic E-state index is 4.09. The quantitative estimate of drug-likeness (QED) is 0.730. The summed E-state index contributed by atoms with van der Waals surface area (Å²) in [5.74, 6) is 0.782. The van der Waals surface area contributed by atoms with Gasteiger partial charge in [-0.15, -0.1) is 0 Å². The van der Waals surface area contributed by atoms with Crippen molar-refractivity contribution in [1.82, 2.24) is 20.7 Å². The molecule has 14 heavy (non-hydrogen) atoms. The van der Waals surface area contributed by atoms with Gasteiger partial charge in [-0.1, -0.05) is 26.7 Å². The third-order valence-corrected chi connectivity index (χ3v) is 2.41. The summed E-state index contributed by atoms with van der Waals surface area (Å²) in [6.07, 6.45) is 5.42. The van der Waals surface area contributed by atoms with Crippen molar-refractivity contribution in [3.63, 3.8) is 0 Å². The van der Waals surface area contributed by atoms with Crippen molar-refractivity contribution in [1.29, 1.82) is 0 Å². The van der Waals surface area contributed by atoms with Crippen LogP contribution < -0.4 is 5.32 Å². The Morgan fingerprint density at radius 2 is 2.21 bits per heavy atom. The van der Waals surface area contributed by atoms with Crippen LogP contribution in [0.4, 0.5) is 0 Å². The van der Waals surface area contributed by atoms with Gasteiger partial charge >= 0.3 is 0 Å². The van der Waals surface area contributed by atoms with Gasteiger partial charge in [0.15, 0.2) is 0 Å². The van der Waals surface area contributed by atoms with Gasteiger partial charge in [0.25, 0.3) is 0 Å². The number of aromatic amines is 1. The topological polar surface area (TPSA) is 53.6 Å². The Bertz CT molecular complexity index is 230. The van der Waals surface area contributed by atoms with E-state index in [4.69, 9.17) is 0 Å². The van der Waals surface area contributed by atoms with Crippen molar-refractivity contribution < 1.29 is 0 Å². The first-order valence-corrected chi connectivity index (χ1v) is 5.27. The highest BCUT2D eigenvalue weighted by molar-refractivity contribution is 4.98. The van der Waals surface area contributed by atoms with E-state index < -0.39 is 0 Å². The van der Waals surface area contributed by atoms with Crippen LogP contribution in [0.25, 0.3) is 0 Å². The molecular formula is C10H20N4. The molecule has 0 radical (unpaired) electrons. The third kappa shape index (κ3) is 3.46. The molecule has 0 spiro atoms. The smallest absolute Gasteiger partial charge is 0.0993 e. The van der Waals surface area contributed by atoms with Gasteiger partial charge in [0, 0.05) is 0 Å². The molecule has 1 heterocycles. The molecule has 0 aliphatic carbocycles. The molecule has 0 saturated carbocycles. The molecule has 0 aromatic carbocycles. The van der Waals surface area contributed by atoms with Gasteiger partial charge in [-0.25, -0.2) is 0 Å². The molecule has 0 bridgehead atoms. The zero-order chi connectivity index (χ0) is 10.4. The van der Waals surface area contributed by atoms with Crippen molar-refractivity contribution in [2.45, 2.75) is 39.2 Å². The first-order valence-electron chi connectivity index (χ1n) is 5.27. The lowest BCUT2D eigenvalue weighted by Gasteiger charge is -2.13. The largest absolute Gasteiger partial charge is 0.312 e. The Kier molecular flexibility index (Phi) is 4.59. The summed E-state index contributed by atoms with van der Waals surface area (Å²) in [7, 11) is 1.97. The van der Waals surface area contributed by atoms with E-state index in [1.807, 2.05) is 7.05 Å². The monoisotopic (exact) mass is 196 g/mol.